The molecule has 6 nitrogen and oxygen atoms in total. The van der Waals surface area contributed by atoms with Crippen LogP contribution in [0, 0.1) is 5.41 Å². The van der Waals surface area contributed by atoms with Crippen LogP contribution in [0.4, 0.5) is 0 Å². The molecule has 1 aromatic rings. The van der Waals surface area contributed by atoms with Crippen LogP contribution in [-0.4, -0.2) is 58.0 Å². The van der Waals surface area contributed by atoms with E-state index in [1.807, 2.05) is 15.9 Å². The van der Waals surface area contributed by atoms with E-state index in [-0.39, 0.29) is 17.2 Å². The molecular formula is C20H28N4O2. The highest BCUT2D eigenvalue weighted by Crippen LogP contribution is 2.42. The summed E-state index contributed by atoms with van der Waals surface area (Å²) >= 11 is 0. The Morgan fingerprint density at radius 3 is 2.73 bits per heavy atom. The Morgan fingerprint density at radius 1 is 1.35 bits per heavy atom. The number of H-pyrrole nitrogens is 1. The third kappa shape index (κ3) is 3.41. The van der Waals surface area contributed by atoms with E-state index in [0.717, 1.165) is 25.1 Å². The zero-order valence-corrected chi connectivity index (χ0v) is 15.8. The van der Waals surface area contributed by atoms with Crippen molar-refractivity contribution in [3.8, 4) is 0 Å². The van der Waals surface area contributed by atoms with Gasteiger partial charge in [0.15, 0.2) is 0 Å². The van der Waals surface area contributed by atoms with Crippen LogP contribution < -0.4 is 0 Å². The molecule has 0 unspecified atom stereocenters. The maximum atomic E-state index is 12.7. The molecule has 0 atom stereocenters. The van der Waals surface area contributed by atoms with Gasteiger partial charge in [-0.3, -0.25) is 14.7 Å². The Morgan fingerprint density at radius 2 is 2.08 bits per heavy atom. The average Bonchev–Trinajstić information content (AvgIpc) is 3.26. The van der Waals surface area contributed by atoms with Crippen LogP contribution in [0.15, 0.2) is 17.7 Å². The highest BCUT2D eigenvalue weighted by molar-refractivity contribution is 5.92. The number of piperidine rings is 1. The molecule has 4 rings (SSSR count). The molecule has 6 heteroatoms. The summed E-state index contributed by atoms with van der Waals surface area (Å²) in [6.45, 7) is 7.09. The van der Waals surface area contributed by atoms with Gasteiger partial charge in [-0.25, -0.2) is 0 Å². The Bertz CT molecular complexity index is 735. The topological polar surface area (TPSA) is 69.3 Å². The molecule has 3 aliphatic rings. The highest BCUT2D eigenvalue weighted by Gasteiger charge is 2.45. The molecule has 1 saturated carbocycles. The second kappa shape index (κ2) is 6.56. The lowest BCUT2D eigenvalue weighted by atomic mass is 9.77. The molecule has 2 amide bonds. The summed E-state index contributed by atoms with van der Waals surface area (Å²) < 4.78 is 0. The lowest BCUT2D eigenvalue weighted by molar-refractivity contribution is -0.127. The standard InChI is InChI=1S/C20H28N4O2/c1-14(2)5-8-24-13-20(12-18(24)25)6-9-23(10-7-20)19(26)17-11-16(21-22-17)15-3-4-15/h5,11,15H,3-4,6-10,12-13H2,1-2H3,(H,21,22). The summed E-state index contributed by atoms with van der Waals surface area (Å²) in [4.78, 5) is 29.0. The van der Waals surface area contributed by atoms with E-state index in [2.05, 4.69) is 30.1 Å². The van der Waals surface area contributed by atoms with Gasteiger partial charge in [0.2, 0.25) is 5.91 Å². The van der Waals surface area contributed by atoms with E-state index in [4.69, 9.17) is 0 Å². The Labute approximate surface area is 154 Å². The van der Waals surface area contributed by atoms with Gasteiger partial charge in [-0.1, -0.05) is 11.6 Å². The predicted molar refractivity (Wildman–Crippen MR) is 98.8 cm³/mol. The summed E-state index contributed by atoms with van der Waals surface area (Å²) in [6, 6.07) is 1.92. The van der Waals surface area contributed by atoms with E-state index in [1.54, 1.807) is 0 Å². The van der Waals surface area contributed by atoms with Crippen molar-refractivity contribution in [1.29, 1.82) is 0 Å². The third-order valence-corrected chi connectivity index (χ3v) is 6.07. The summed E-state index contributed by atoms with van der Waals surface area (Å²) in [5, 5.41) is 7.24. The maximum absolute atomic E-state index is 12.7. The molecule has 3 fully saturated rings. The van der Waals surface area contributed by atoms with Crippen LogP contribution in [0.5, 0.6) is 0 Å². The number of aromatic nitrogens is 2. The van der Waals surface area contributed by atoms with Crippen molar-refractivity contribution < 1.29 is 9.59 Å². The predicted octanol–water partition coefficient (Wildman–Crippen LogP) is 2.71. The Balaban J connectivity index is 1.35. The van der Waals surface area contributed by atoms with Gasteiger partial charge in [-0.15, -0.1) is 0 Å². The summed E-state index contributed by atoms with van der Waals surface area (Å²) in [6.07, 6.45) is 6.93. The van der Waals surface area contributed by atoms with Crippen LogP contribution in [-0.2, 0) is 4.79 Å². The average molecular weight is 356 g/mol. The molecule has 0 radical (unpaired) electrons. The van der Waals surface area contributed by atoms with Crippen molar-refractivity contribution in [2.45, 2.75) is 51.9 Å². The SMILES string of the molecule is CC(C)=CCN1CC2(CCN(C(=O)c3cc(C4CC4)[nH]n3)CC2)CC1=O. The fraction of sp³-hybridized carbons (Fsp3) is 0.650. The summed E-state index contributed by atoms with van der Waals surface area (Å²) in [7, 11) is 0. The number of nitrogens with one attached hydrogen (secondary N) is 1. The van der Waals surface area contributed by atoms with E-state index >= 15 is 0 Å². The van der Waals surface area contributed by atoms with E-state index in [1.165, 1.54) is 18.4 Å². The second-order valence-corrected chi connectivity index (χ2v) is 8.51. The summed E-state index contributed by atoms with van der Waals surface area (Å²) in [5.74, 6) is 0.849. The zero-order chi connectivity index (χ0) is 18.3. The van der Waals surface area contributed by atoms with Crippen molar-refractivity contribution in [1.82, 2.24) is 20.0 Å². The number of hydrogen-bond donors (Lipinski definition) is 1. The van der Waals surface area contributed by atoms with Crippen LogP contribution in [0.25, 0.3) is 0 Å². The third-order valence-electron chi connectivity index (χ3n) is 6.07. The van der Waals surface area contributed by atoms with Gasteiger partial charge in [0.25, 0.3) is 5.91 Å². The summed E-state index contributed by atoms with van der Waals surface area (Å²) in [5.41, 5.74) is 2.92. The fourth-order valence-electron chi connectivity index (χ4n) is 4.17. The number of carbonyl (C=O) groups is 2. The maximum Gasteiger partial charge on any atom is 0.274 e. The number of allylic oxidation sites excluding steroid dienone is 1. The molecule has 0 aromatic carbocycles. The first-order chi connectivity index (χ1) is 12.5. The Hall–Kier alpha value is -2.11. The van der Waals surface area contributed by atoms with Crippen LogP contribution in [0.3, 0.4) is 0 Å². The number of amides is 2. The smallest absolute Gasteiger partial charge is 0.274 e. The normalized spacial score (nSPS) is 22.2. The van der Waals surface area contributed by atoms with E-state index < -0.39 is 0 Å². The van der Waals surface area contributed by atoms with Crippen molar-refractivity contribution in [2.24, 2.45) is 5.41 Å². The van der Waals surface area contributed by atoms with Crippen LogP contribution in [0.2, 0.25) is 0 Å². The molecular weight excluding hydrogens is 328 g/mol. The molecule has 3 heterocycles. The number of aromatic amines is 1. The van der Waals surface area contributed by atoms with Crippen molar-refractivity contribution in [3.63, 3.8) is 0 Å². The second-order valence-electron chi connectivity index (χ2n) is 8.51. The molecule has 26 heavy (non-hydrogen) atoms. The fourth-order valence-corrected chi connectivity index (χ4v) is 4.17. The highest BCUT2D eigenvalue weighted by atomic mass is 16.2. The molecule has 0 bridgehead atoms. The first-order valence-corrected chi connectivity index (χ1v) is 9.71. The minimum atomic E-state index is 0.0220. The van der Waals surface area contributed by atoms with Gasteiger partial charge in [0, 0.05) is 49.6 Å². The molecule has 1 N–H and O–H groups in total. The lowest BCUT2D eigenvalue weighted by Gasteiger charge is -2.38. The van der Waals surface area contributed by atoms with Gasteiger partial charge < -0.3 is 9.80 Å². The molecule has 2 saturated heterocycles. The number of hydrogen-bond acceptors (Lipinski definition) is 3. The van der Waals surface area contributed by atoms with Gasteiger partial charge in [0.05, 0.1) is 0 Å². The van der Waals surface area contributed by atoms with Crippen molar-refractivity contribution in [2.75, 3.05) is 26.2 Å². The monoisotopic (exact) mass is 356 g/mol. The largest absolute Gasteiger partial charge is 0.338 e. The van der Waals surface area contributed by atoms with Gasteiger partial charge in [-0.05, 0) is 45.6 Å². The van der Waals surface area contributed by atoms with E-state index in [9.17, 15) is 9.59 Å². The minimum Gasteiger partial charge on any atom is -0.338 e. The molecule has 140 valence electrons. The number of likely N-dealkylation sites (tertiary alicyclic amines) is 2. The first-order valence-electron chi connectivity index (χ1n) is 9.71. The van der Waals surface area contributed by atoms with Crippen molar-refractivity contribution >= 4 is 11.8 Å². The minimum absolute atomic E-state index is 0.0220. The molecule has 1 aliphatic carbocycles. The number of rotatable bonds is 4. The molecule has 2 aliphatic heterocycles. The van der Waals surface area contributed by atoms with Crippen LogP contribution >= 0.6 is 0 Å². The number of carbonyl (C=O) groups excluding carboxylic acids is 2. The number of nitrogens with zero attached hydrogens (tertiary/aromatic N) is 3. The molecule has 1 aromatic heterocycles. The Kier molecular flexibility index (Phi) is 4.37. The van der Waals surface area contributed by atoms with Gasteiger partial charge in [-0.2, -0.15) is 5.10 Å². The van der Waals surface area contributed by atoms with Crippen molar-refractivity contribution in [3.05, 3.63) is 29.1 Å². The first kappa shape index (κ1) is 17.3. The quantitative estimate of drug-likeness (QED) is 0.844. The van der Waals surface area contributed by atoms with Gasteiger partial charge in [0.1, 0.15) is 5.69 Å². The van der Waals surface area contributed by atoms with Crippen LogP contribution in [0.1, 0.15) is 68.1 Å². The zero-order valence-electron chi connectivity index (χ0n) is 15.8. The van der Waals surface area contributed by atoms with Gasteiger partial charge >= 0.3 is 0 Å². The lowest BCUT2D eigenvalue weighted by Crippen LogP contribution is -2.44. The van der Waals surface area contributed by atoms with E-state index in [0.29, 0.717) is 37.7 Å². The molecule has 1 spiro atoms.